The number of sulfonamides is 1. The maximum Gasteiger partial charge on any atom is 0.240 e. The summed E-state index contributed by atoms with van der Waals surface area (Å²) in [5.74, 6) is 0.959. The molecule has 0 aromatic heterocycles. The molecule has 2 N–H and O–H groups in total. The lowest BCUT2D eigenvalue weighted by Gasteiger charge is -2.11. The number of anilines is 1. The fraction of sp³-hybridized carbons (Fsp3) is 0.208. The summed E-state index contributed by atoms with van der Waals surface area (Å²) in [7, 11) is -0.531. The van der Waals surface area contributed by atoms with Gasteiger partial charge in [0.05, 0.1) is 19.1 Å². The Balaban J connectivity index is 1.53. The first-order chi connectivity index (χ1) is 15.4. The second-order valence-electron chi connectivity index (χ2n) is 7.07. The van der Waals surface area contributed by atoms with E-state index in [1.165, 1.54) is 7.11 Å². The Morgan fingerprint density at radius 2 is 1.53 bits per heavy atom. The summed E-state index contributed by atoms with van der Waals surface area (Å²) in [5, 5.41) is 2.83. The molecule has 0 bridgehead atoms. The lowest BCUT2D eigenvalue weighted by Crippen LogP contribution is -2.23. The summed E-state index contributed by atoms with van der Waals surface area (Å²) in [5.41, 5.74) is 2.36. The van der Waals surface area contributed by atoms with Crippen molar-refractivity contribution in [2.24, 2.45) is 0 Å². The molecule has 8 heteroatoms. The highest BCUT2D eigenvalue weighted by Crippen LogP contribution is 2.29. The predicted octanol–water partition coefficient (Wildman–Crippen LogP) is 3.75. The number of amides is 1. The number of methoxy groups -OCH3 is 2. The summed E-state index contributed by atoms with van der Waals surface area (Å²) >= 11 is 0. The molecular weight excluding hydrogens is 428 g/mol. The lowest BCUT2D eigenvalue weighted by atomic mass is 10.1. The van der Waals surface area contributed by atoms with Gasteiger partial charge in [-0.05, 0) is 41.8 Å². The van der Waals surface area contributed by atoms with Crippen LogP contribution in [0.2, 0.25) is 0 Å². The largest absolute Gasteiger partial charge is 0.493 e. The van der Waals surface area contributed by atoms with E-state index in [0.717, 1.165) is 11.1 Å². The zero-order valence-corrected chi connectivity index (χ0v) is 18.8. The molecule has 3 aromatic rings. The van der Waals surface area contributed by atoms with Crippen molar-refractivity contribution < 1.29 is 22.7 Å². The minimum absolute atomic E-state index is 0.154. The quantitative estimate of drug-likeness (QED) is 0.487. The first-order valence-corrected chi connectivity index (χ1v) is 11.5. The second-order valence-corrected chi connectivity index (χ2v) is 8.84. The molecule has 0 aliphatic rings. The van der Waals surface area contributed by atoms with Crippen molar-refractivity contribution in [3.8, 4) is 11.5 Å². The SMILES string of the molecule is COc1ccc(NC(=O)CCc2ccc(S(=O)(=O)NCc3ccccc3)cc2)cc1OC. The molecule has 3 rings (SSSR count). The smallest absolute Gasteiger partial charge is 0.240 e. The monoisotopic (exact) mass is 454 g/mol. The van der Waals surface area contributed by atoms with Gasteiger partial charge in [0.15, 0.2) is 11.5 Å². The van der Waals surface area contributed by atoms with Crippen LogP contribution in [0.15, 0.2) is 77.7 Å². The van der Waals surface area contributed by atoms with E-state index in [-0.39, 0.29) is 23.8 Å². The molecule has 0 unspecified atom stereocenters. The highest BCUT2D eigenvalue weighted by atomic mass is 32.2. The molecule has 168 valence electrons. The first-order valence-electron chi connectivity index (χ1n) is 10.1. The Morgan fingerprint density at radius 1 is 0.844 bits per heavy atom. The number of ether oxygens (including phenoxy) is 2. The van der Waals surface area contributed by atoms with Crippen LogP contribution in [0.5, 0.6) is 11.5 Å². The number of hydrogen-bond acceptors (Lipinski definition) is 5. The number of rotatable bonds is 10. The van der Waals surface area contributed by atoms with Crippen LogP contribution in [0.4, 0.5) is 5.69 Å². The van der Waals surface area contributed by atoms with E-state index < -0.39 is 10.0 Å². The van der Waals surface area contributed by atoms with Crippen LogP contribution in [0.25, 0.3) is 0 Å². The van der Waals surface area contributed by atoms with Gasteiger partial charge in [-0.3, -0.25) is 4.79 Å². The summed E-state index contributed by atoms with van der Waals surface area (Å²) in [4.78, 5) is 12.5. The van der Waals surface area contributed by atoms with Gasteiger partial charge < -0.3 is 14.8 Å². The molecule has 0 fully saturated rings. The lowest BCUT2D eigenvalue weighted by molar-refractivity contribution is -0.116. The van der Waals surface area contributed by atoms with E-state index in [2.05, 4.69) is 10.0 Å². The van der Waals surface area contributed by atoms with Crippen molar-refractivity contribution in [3.05, 3.63) is 83.9 Å². The molecule has 0 spiro atoms. The fourth-order valence-corrected chi connectivity index (χ4v) is 4.11. The summed E-state index contributed by atoms with van der Waals surface area (Å²) < 4.78 is 38.0. The minimum atomic E-state index is -3.61. The molecule has 0 aliphatic heterocycles. The molecule has 0 saturated carbocycles. The minimum Gasteiger partial charge on any atom is -0.493 e. The molecule has 32 heavy (non-hydrogen) atoms. The predicted molar refractivity (Wildman–Crippen MR) is 123 cm³/mol. The molecule has 7 nitrogen and oxygen atoms in total. The van der Waals surface area contributed by atoms with Crippen molar-refractivity contribution in [1.82, 2.24) is 4.72 Å². The standard InChI is InChI=1S/C24H26N2O5S/c1-30-22-14-11-20(16-23(22)31-2)26-24(27)15-10-18-8-12-21(13-9-18)32(28,29)25-17-19-6-4-3-5-7-19/h3-9,11-14,16,25H,10,15,17H2,1-2H3,(H,26,27). The molecule has 0 saturated heterocycles. The Kier molecular flexibility index (Phi) is 7.86. The third-order valence-corrected chi connectivity index (χ3v) is 6.27. The van der Waals surface area contributed by atoms with Crippen LogP contribution in [0.3, 0.4) is 0 Å². The Labute approximate surface area is 188 Å². The van der Waals surface area contributed by atoms with E-state index in [1.807, 2.05) is 30.3 Å². The maximum absolute atomic E-state index is 12.5. The normalized spacial score (nSPS) is 11.1. The highest BCUT2D eigenvalue weighted by molar-refractivity contribution is 7.89. The van der Waals surface area contributed by atoms with Crippen LogP contribution in [0, 0.1) is 0 Å². The van der Waals surface area contributed by atoms with Gasteiger partial charge in [0, 0.05) is 24.7 Å². The highest BCUT2D eigenvalue weighted by Gasteiger charge is 2.14. The molecular formula is C24H26N2O5S. The van der Waals surface area contributed by atoms with Crippen molar-refractivity contribution in [1.29, 1.82) is 0 Å². The van der Waals surface area contributed by atoms with Gasteiger partial charge in [-0.2, -0.15) is 0 Å². The zero-order chi connectivity index (χ0) is 23.0. The van der Waals surface area contributed by atoms with Crippen molar-refractivity contribution in [2.45, 2.75) is 24.3 Å². The van der Waals surface area contributed by atoms with Gasteiger partial charge in [-0.15, -0.1) is 0 Å². The molecule has 0 atom stereocenters. The van der Waals surface area contributed by atoms with Gasteiger partial charge in [0.25, 0.3) is 0 Å². The topological polar surface area (TPSA) is 93.7 Å². The van der Waals surface area contributed by atoms with E-state index in [9.17, 15) is 13.2 Å². The number of hydrogen-bond donors (Lipinski definition) is 2. The summed E-state index contributed by atoms with van der Waals surface area (Å²) in [6, 6.07) is 21.0. The fourth-order valence-electron chi connectivity index (χ4n) is 3.09. The molecule has 3 aromatic carbocycles. The first kappa shape index (κ1) is 23.3. The van der Waals surface area contributed by atoms with E-state index >= 15 is 0 Å². The van der Waals surface area contributed by atoms with Gasteiger partial charge in [0.1, 0.15) is 0 Å². The third kappa shape index (κ3) is 6.32. The van der Waals surface area contributed by atoms with Crippen molar-refractivity contribution in [2.75, 3.05) is 19.5 Å². The van der Waals surface area contributed by atoms with Gasteiger partial charge in [-0.1, -0.05) is 42.5 Å². The van der Waals surface area contributed by atoms with Crippen LogP contribution < -0.4 is 19.5 Å². The van der Waals surface area contributed by atoms with Crippen LogP contribution >= 0.6 is 0 Å². The van der Waals surface area contributed by atoms with Crippen LogP contribution in [-0.2, 0) is 27.8 Å². The zero-order valence-electron chi connectivity index (χ0n) is 18.0. The molecule has 1 amide bonds. The number of carbonyl (C=O) groups excluding carboxylic acids is 1. The van der Waals surface area contributed by atoms with Crippen LogP contribution in [0.1, 0.15) is 17.5 Å². The third-order valence-electron chi connectivity index (χ3n) is 4.85. The number of carbonyl (C=O) groups is 1. The van der Waals surface area contributed by atoms with Crippen molar-refractivity contribution >= 4 is 21.6 Å². The summed E-state index contributed by atoms with van der Waals surface area (Å²) in [6.45, 7) is 0.223. The average Bonchev–Trinajstić information content (AvgIpc) is 2.82. The van der Waals surface area contributed by atoms with Gasteiger partial charge in [0.2, 0.25) is 15.9 Å². The van der Waals surface area contributed by atoms with Crippen LogP contribution in [-0.4, -0.2) is 28.5 Å². The number of benzene rings is 3. The molecule has 0 heterocycles. The van der Waals surface area contributed by atoms with Gasteiger partial charge >= 0.3 is 0 Å². The molecule has 0 radical (unpaired) electrons. The average molecular weight is 455 g/mol. The van der Waals surface area contributed by atoms with E-state index in [0.29, 0.717) is 23.6 Å². The van der Waals surface area contributed by atoms with E-state index in [1.54, 1.807) is 49.6 Å². The Morgan fingerprint density at radius 3 is 2.19 bits per heavy atom. The number of aryl methyl sites for hydroxylation is 1. The second kappa shape index (κ2) is 10.8. The number of nitrogens with one attached hydrogen (secondary N) is 2. The Hall–Kier alpha value is -3.36. The van der Waals surface area contributed by atoms with E-state index in [4.69, 9.17) is 9.47 Å². The summed E-state index contributed by atoms with van der Waals surface area (Å²) in [6.07, 6.45) is 0.740. The van der Waals surface area contributed by atoms with Crippen molar-refractivity contribution in [3.63, 3.8) is 0 Å². The Bertz CT molecular complexity index is 1150. The maximum atomic E-state index is 12.5. The van der Waals surface area contributed by atoms with Gasteiger partial charge in [-0.25, -0.2) is 13.1 Å². The molecule has 0 aliphatic carbocycles.